The molecule has 0 aliphatic carbocycles. The van der Waals surface area contributed by atoms with Crippen molar-refractivity contribution >= 4 is 6.09 Å². The highest BCUT2D eigenvalue weighted by Gasteiger charge is 2.31. The van der Waals surface area contributed by atoms with Crippen LogP contribution in [0, 0.1) is 0 Å². The molecule has 2 saturated heterocycles. The summed E-state index contributed by atoms with van der Waals surface area (Å²) in [6.07, 6.45) is 4.52. The smallest absolute Gasteiger partial charge is 0.410 e. The van der Waals surface area contributed by atoms with Crippen LogP contribution in [0.15, 0.2) is 0 Å². The first kappa shape index (κ1) is 15.6. The van der Waals surface area contributed by atoms with Gasteiger partial charge < -0.3 is 20.3 Å². The molecule has 2 atom stereocenters. The Morgan fingerprint density at radius 3 is 2.75 bits per heavy atom. The van der Waals surface area contributed by atoms with Gasteiger partial charge >= 0.3 is 6.09 Å². The molecule has 0 radical (unpaired) electrons. The maximum absolute atomic E-state index is 12.2. The minimum atomic E-state index is -0.411. The second-order valence-corrected chi connectivity index (χ2v) is 6.92. The van der Waals surface area contributed by atoms with Crippen LogP contribution in [0.3, 0.4) is 0 Å². The summed E-state index contributed by atoms with van der Waals surface area (Å²) in [5.74, 6) is 0. The van der Waals surface area contributed by atoms with Crippen molar-refractivity contribution in [2.24, 2.45) is 0 Å². The fourth-order valence-corrected chi connectivity index (χ4v) is 2.96. The summed E-state index contributed by atoms with van der Waals surface area (Å²) in [7, 11) is 0. The van der Waals surface area contributed by atoms with Gasteiger partial charge in [0.1, 0.15) is 5.60 Å². The number of amides is 1. The predicted octanol–water partition coefficient (Wildman–Crippen LogP) is 1.73. The molecule has 2 unspecified atom stereocenters. The summed E-state index contributed by atoms with van der Waals surface area (Å²) < 4.78 is 5.48. The van der Waals surface area contributed by atoms with Gasteiger partial charge in [0, 0.05) is 31.7 Å². The van der Waals surface area contributed by atoms with Crippen molar-refractivity contribution in [2.75, 3.05) is 26.2 Å². The molecule has 2 fully saturated rings. The number of nitrogens with one attached hydrogen (secondary N) is 2. The van der Waals surface area contributed by atoms with Gasteiger partial charge in [-0.1, -0.05) is 0 Å². The molecule has 0 bridgehead atoms. The monoisotopic (exact) mass is 283 g/mol. The quantitative estimate of drug-likeness (QED) is 0.825. The number of rotatable bonds is 4. The Labute approximate surface area is 122 Å². The number of carbonyl (C=O) groups excluding carboxylic acids is 1. The van der Waals surface area contributed by atoms with Crippen molar-refractivity contribution in [3.8, 4) is 0 Å². The second-order valence-electron chi connectivity index (χ2n) is 6.92. The molecule has 2 rings (SSSR count). The third-order valence-electron chi connectivity index (χ3n) is 3.94. The van der Waals surface area contributed by atoms with Gasteiger partial charge in [-0.3, -0.25) is 0 Å². The first-order valence-corrected chi connectivity index (χ1v) is 7.89. The molecule has 2 N–H and O–H groups in total. The third-order valence-corrected chi connectivity index (χ3v) is 3.94. The summed E-state index contributed by atoms with van der Waals surface area (Å²) in [4.78, 5) is 14.0. The second kappa shape index (κ2) is 6.76. The van der Waals surface area contributed by atoms with Gasteiger partial charge in [-0.25, -0.2) is 4.79 Å². The molecule has 2 aliphatic heterocycles. The standard InChI is InChI=1S/C15H29N3O2/c1-15(2,3)20-14(19)18-9-5-7-13(18)11-16-10-12-6-4-8-17-12/h12-13,16-17H,4-11H2,1-3H3. The molecule has 0 aromatic heterocycles. The molecule has 5 nitrogen and oxygen atoms in total. The number of ether oxygens (including phenoxy) is 1. The highest BCUT2D eigenvalue weighted by atomic mass is 16.6. The summed E-state index contributed by atoms with van der Waals surface area (Å²) in [6, 6.07) is 0.887. The molecule has 0 aromatic rings. The van der Waals surface area contributed by atoms with Crippen molar-refractivity contribution in [1.82, 2.24) is 15.5 Å². The Bertz CT molecular complexity index is 322. The lowest BCUT2D eigenvalue weighted by atomic mass is 10.2. The molecule has 2 heterocycles. The Hall–Kier alpha value is -0.810. The number of hydrogen-bond donors (Lipinski definition) is 2. The summed E-state index contributed by atoms with van der Waals surface area (Å²) in [5, 5.41) is 6.98. The minimum absolute atomic E-state index is 0.166. The molecule has 0 saturated carbocycles. The predicted molar refractivity (Wildman–Crippen MR) is 79.9 cm³/mol. The SMILES string of the molecule is CC(C)(C)OC(=O)N1CCCC1CNCC1CCCN1. The number of hydrogen-bond acceptors (Lipinski definition) is 4. The summed E-state index contributed by atoms with van der Waals surface area (Å²) >= 11 is 0. The average molecular weight is 283 g/mol. The van der Waals surface area contributed by atoms with Crippen LogP contribution in [0.4, 0.5) is 4.79 Å². The Kier molecular flexibility index (Phi) is 5.27. The molecule has 1 amide bonds. The van der Waals surface area contributed by atoms with Crippen molar-refractivity contribution in [3.05, 3.63) is 0 Å². The normalized spacial score (nSPS) is 27.1. The number of carbonyl (C=O) groups is 1. The maximum atomic E-state index is 12.2. The number of nitrogens with zero attached hydrogens (tertiary/aromatic N) is 1. The van der Waals surface area contributed by atoms with Gasteiger partial charge in [0.25, 0.3) is 0 Å². The zero-order chi connectivity index (χ0) is 14.6. The van der Waals surface area contributed by atoms with Crippen LogP contribution >= 0.6 is 0 Å². The van der Waals surface area contributed by atoms with Gasteiger partial charge in [0.2, 0.25) is 0 Å². The van der Waals surface area contributed by atoms with Crippen LogP contribution in [0.5, 0.6) is 0 Å². The minimum Gasteiger partial charge on any atom is -0.444 e. The summed E-state index contributed by atoms with van der Waals surface area (Å²) in [5.41, 5.74) is -0.411. The van der Waals surface area contributed by atoms with Crippen LogP contribution in [0.1, 0.15) is 46.5 Å². The largest absolute Gasteiger partial charge is 0.444 e. The Balaban J connectivity index is 1.73. The van der Waals surface area contributed by atoms with Crippen molar-refractivity contribution in [1.29, 1.82) is 0 Å². The first-order chi connectivity index (χ1) is 9.46. The highest BCUT2D eigenvalue weighted by molar-refractivity contribution is 5.69. The Morgan fingerprint density at radius 1 is 1.30 bits per heavy atom. The molecule has 2 aliphatic rings. The molecule has 116 valence electrons. The van der Waals surface area contributed by atoms with E-state index in [1.807, 2.05) is 25.7 Å². The molecular weight excluding hydrogens is 254 g/mol. The van der Waals surface area contributed by atoms with Gasteiger partial charge in [0.15, 0.2) is 0 Å². The van der Waals surface area contributed by atoms with Crippen LogP contribution in [-0.2, 0) is 4.74 Å². The molecular formula is C15H29N3O2. The Morgan fingerprint density at radius 2 is 2.10 bits per heavy atom. The van der Waals surface area contributed by atoms with E-state index < -0.39 is 5.60 Å². The third kappa shape index (κ3) is 4.63. The molecule has 20 heavy (non-hydrogen) atoms. The average Bonchev–Trinajstić information content (AvgIpc) is 2.97. The molecule has 5 heteroatoms. The van der Waals surface area contributed by atoms with E-state index in [2.05, 4.69) is 10.6 Å². The van der Waals surface area contributed by atoms with Crippen LogP contribution in [-0.4, -0.2) is 54.9 Å². The fraction of sp³-hybridized carbons (Fsp3) is 0.933. The topological polar surface area (TPSA) is 53.6 Å². The van der Waals surface area contributed by atoms with Crippen molar-refractivity contribution < 1.29 is 9.53 Å². The molecule has 0 spiro atoms. The fourth-order valence-electron chi connectivity index (χ4n) is 2.96. The lowest BCUT2D eigenvalue weighted by Crippen LogP contribution is -2.45. The number of likely N-dealkylation sites (tertiary alicyclic amines) is 1. The lowest BCUT2D eigenvalue weighted by molar-refractivity contribution is 0.0226. The van der Waals surface area contributed by atoms with Crippen LogP contribution in [0.25, 0.3) is 0 Å². The van der Waals surface area contributed by atoms with Gasteiger partial charge in [-0.05, 0) is 53.0 Å². The molecule has 0 aromatic carbocycles. The van der Waals surface area contributed by atoms with Crippen LogP contribution in [0.2, 0.25) is 0 Å². The van der Waals surface area contributed by atoms with Crippen molar-refractivity contribution in [2.45, 2.75) is 64.1 Å². The highest BCUT2D eigenvalue weighted by Crippen LogP contribution is 2.20. The maximum Gasteiger partial charge on any atom is 0.410 e. The van der Waals surface area contributed by atoms with E-state index in [0.29, 0.717) is 6.04 Å². The van der Waals surface area contributed by atoms with E-state index >= 15 is 0 Å². The van der Waals surface area contributed by atoms with E-state index in [4.69, 9.17) is 4.74 Å². The van der Waals surface area contributed by atoms with Crippen LogP contribution < -0.4 is 10.6 Å². The van der Waals surface area contributed by atoms with E-state index in [1.54, 1.807) is 0 Å². The van der Waals surface area contributed by atoms with E-state index in [-0.39, 0.29) is 12.1 Å². The zero-order valence-electron chi connectivity index (χ0n) is 13.1. The first-order valence-electron chi connectivity index (χ1n) is 7.89. The van der Waals surface area contributed by atoms with E-state index in [9.17, 15) is 4.79 Å². The summed E-state index contributed by atoms with van der Waals surface area (Å²) in [6.45, 7) is 9.58. The van der Waals surface area contributed by atoms with E-state index in [0.717, 1.165) is 39.0 Å². The van der Waals surface area contributed by atoms with Crippen molar-refractivity contribution in [3.63, 3.8) is 0 Å². The zero-order valence-corrected chi connectivity index (χ0v) is 13.1. The lowest BCUT2D eigenvalue weighted by Gasteiger charge is -2.29. The van der Waals surface area contributed by atoms with Gasteiger partial charge in [-0.15, -0.1) is 0 Å². The van der Waals surface area contributed by atoms with Gasteiger partial charge in [-0.2, -0.15) is 0 Å². The van der Waals surface area contributed by atoms with Gasteiger partial charge in [0.05, 0.1) is 0 Å². The van der Waals surface area contributed by atoms with E-state index in [1.165, 1.54) is 12.8 Å².